The molecule has 1 N–H and O–H groups in total. The van der Waals surface area contributed by atoms with Gasteiger partial charge in [0, 0.05) is 13.1 Å². The molecule has 0 heterocycles. The molecule has 0 radical (unpaired) electrons. The third-order valence-electron chi connectivity index (χ3n) is 4.21. The average Bonchev–Trinajstić information content (AvgIpc) is 2.87. The minimum absolute atomic E-state index is 0.495. The number of carbonyl (C=O) groups is 1. The summed E-state index contributed by atoms with van der Waals surface area (Å²) in [6.45, 7) is 1.59. The molecule has 0 spiro atoms. The second-order valence-corrected chi connectivity index (χ2v) is 5.77. The first-order chi connectivity index (χ1) is 9.12. The molecule has 1 aromatic rings. The first-order valence-electron chi connectivity index (χ1n) is 7.08. The zero-order valence-corrected chi connectivity index (χ0v) is 11.6. The van der Waals surface area contributed by atoms with Gasteiger partial charge in [-0.3, -0.25) is 4.79 Å². The minimum Gasteiger partial charge on any atom is -0.481 e. The van der Waals surface area contributed by atoms with Crippen molar-refractivity contribution in [2.75, 3.05) is 20.1 Å². The lowest BCUT2D eigenvalue weighted by atomic mass is 9.86. The quantitative estimate of drug-likeness (QED) is 0.856. The molecular formula is C16H23NO2. The van der Waals surface area contributed by atoms with Crippen molar-refractivity contribution in [1.29, 1.82) is 0 Å². The lowest BCUT2D eigenvalue weighted by Gasteiger charge is -2.29. The minimum atomic E-state index is -0.614. The summed E-state index contributed by atoms with van der Waals surface area (Å²) < 4.78 is 0. The maximum atomic E-state index is 11.5. The zero-order chi connectivity index (χ0) is 13.7. The zero-order valence-electron chi connectivity index (χ0n) is 11.6. The molecule has 0 saturated heterocycles. The van der Waals surface area contributed by atoms with E-state index in [0.29, 0.717) is 6.54 Å². The number of hydrogen-bond acceptors (Lipinski definition) is 2. The molecule has 0 unspecified atom stereocenters. The summed E-state index contributed by atoms with van der Waals surface area (Å²) in [4.78, 5) is 13.7. The first kappa shape index (κ1) is 14.1. The standard InChI is InChI=1S/C16H23NO2/c1-17(12-9-14-7-3-2-4-8-14)13-16(15(18)19)10-5-6-11-16/h2-4,7-8H,5-6,9-13H2,1H3,(H,18,19). The fourth-order valence-electron chi connectivity index (χ4n) is 3.05. The summed E-state index contributed by atoms with van der Waals surface area (Å²) in [6, 6.07) is 10.4. The van der Waals surface area contributed by atoms with Crippen LogP contribution >= 0.6 is 0 Å². The summed E-state index contributed by atoms with van der Waals surface area (Å²) in [6.07, 6.45) is 4.75. The van der Waals surface area contributed by atoms with Crippen molar-refractivity contribution >= 4 is 5.97 Å². The van der Waals surface area contributed by atoms with Crippen molar-refractivity contribution in [2.45, 2.75) is 32.1 Å². The van der Waals surface area contributed by atoms with Crippen LogP contribution in [0.2, 0.25) is 0 Å². The van der Waals surface area contributed by atoms with Gasteiger partial charge in [0.25, 0.3) is 0 Å². The average molecular weight is 261 g/mol. The van der Waals surface area contributed by atoms with Gasteiger partial charge in [0.1, 0.15) is 0 Å². The van der Waals surface area contributed by atoms with Crippen LogP contribution in [0.25, 0.3) is 0 Å². The van der Waals surface area contributed by atoms with Gasteiger partial charge in [-0.1, -0.05) is 43.2 Å². The number of nitrogens with zero attached hydrogens (tertiary/aromatic N) is 1. The molecule has 2 rings (SSSR count). The van der Waals surface area contributed by atoms with Crippen LogP contribution in [-0.2, 0) is 11.2 Å². The molecule has 3 nitrogen and oxygen atoms in total. The molecule has 1 aromatic carbocycles. The molecule has 0 atom stereocenters. The molecule has 1 fully saturated rings. The molecule has 0 amide bonds. The topological polar surface area (TPSA) is 40.5 Å². The number of likely N-dealkylation sites (N-methyl/N-ethyl adjacent to an activating group) is 1. The number of rotatable bonds is 6. The Morgan fingerprint density at radius 2 is 1.89 bits per heavy atom. The molecular weight excluding hydrogens is 238 g/mol. The van der Waals surface area contributed by atoms with Crippen LogP contribution in [-0.4, -0.2) is 36.1 Å². The van der Waals surface area contributed by atoms with Gasteiger partial charge in [-0.2, -0.15) is 0 Å². The Hall–Kier alpha value is -1.35. The number of hydrogen-bond donors (Lipinski definition) is 1. The van der Waals surface area contributed by atoms with E-state index in [1.54, 1.807) is 0 Å². The van der Waals surface area contributed by atoms with Crippen molar-refractivity contribution in [3.8, 4) is 0 Å². The lowest BCUT2D eigenvalue weighted by molar-refractivity contribution is -0.149. The summed E-state index contributed by atoms with van der Waals surface area (Å²) in [5.74, 6) is -0.614. The number of benzene rings is 1. The van der Waals surface area contributed by atoms with E-state index in [4.69, 9.17) is 0 Å². The predicted molar refractivity (Wildman–Crippen MR) is 76.2 cm³/mol. The molecule has 0 bridgehead atoms. The summed E-state index contributed by atoms with van der Waals surface area (Å²) in [7, 11) is 2.03. The molecule has 19 heavy (non-hydrogen) atoms. The van der Waals surface area contributed by atoms with Crippen LogP contribution in [0.5, 0.6) is 0 Å². The number of aliphatic carboxylic acids is 1. The lowest BCUT2D eigenvalue weighted by Crippen LogP contribution is -2.40. The molecule has 0 aliphatic heterocycles. The normalized spacial score (nSPS) is 17.8. The van der Waals surface area contributed by atoms with Crippen molar-refractivity contribution in [2.24, 2.45) is 5.41 Å². The van der Waals surface area contributed by atoms with E-state index in [1.165, 1.54) is 5.56 Å². The van der Waals surface area contributed by atoms with E-state index in [1.807, 2.05) is 25.2 Å². The van der Waals surface area contributed by atoms with Crippen LogP contribution in [0.15, 0.2) is 30.3 Å². The largest absolute Gasteiger partial charge is 0.481 e. The number of carboxylic acid groups (broad SMARTS) is 1. The van der Waals surface area contributed by atoms with Gasteiger partial charge < -0.3 is 10.0 Å². The molecule has 0 aromatic heterocycles. The van der Waals surface area contributed by atoms with E-state index in [9.17, 15) is 9.90 Å². The molecule has 1 aliphatic carbocycles. The third-order valence-corrected chi connectivity index (χ3v) is 4.21. The monoisotopic (exact) mass is 261 g/mol. The van der Waals surface area contributed by atoms with Gasteiger partial charge in [-0.25, -0.2) is 0 Å². The Balaban J connectivity index is 1.86. The van der Waals surface area contributed by atoms with Crippen LogP contribution in [0.1, 0.15) is 31.2 Å². The Kier molecular flexibility index (Phi) is 4.59. The van der Waals surface area contributed by atoms with E-state index in [2.05, 4.69) is 17.0 Å². The smallest absolute Gasteiger partial charge is 0.310 e. The summed E-state index contributed by atoms with van der Waals surface area (Å²) in [5.41, 5.74) is 0.816. The van der Waals surface area contributed by atoms with Gasteiger partial charge in [0.15, 0.2) is 0 Å². The Morgan fingerprint density at radius 1 is 1.26 bits per heavy atom. The molecule has 3 heteroatoms. The Bertz CT molecular complexity index is 410. The van der Waals surface area contributed by atoms with Gasteiger partial charge >= 0.3 is 5.97 Å². The van der Waals surface area contributed by atoms with Crippen molar-refractivity contribution in [3.63, 3.8) is 0 Å². The van der Waals surface area contributed by atoms with Gasteiger partial charge in [0.2, 0.25) is 0 Å². The van der Waals surface area contributed by atoms with Gasteiger partial charge in [0.05, 0.1) is 5.41 Å². The highest BCUT2D eigenvalue weighted by Crippen LogP contribution is 2.38. The first-order valence-corrected chi connectivity index (χ1v) is 7.08. The van der Waals surface area contributed by atoms with Gasteiger partial charge in [-0.05, 0) is 31.9 Å². The van der Waals surface area contributed by atoms with E-state index in [-0.39, 0.29) is 0 Å². The Labute approximate surface area is 115 Å². The Morgan fingerprint density at radius 3 is 2.47 bits per heavy atom. The molecule has 1 aliphatic rings. The van der Waals surface area contributed by atoms with Crippen molar-refractivity contribution in [3.05, 3.63) is 35.9 Å². The highest BCUT2D eigenvalue weighted by molar-refractivity contribution is 5.75. The number of carboxylic acids is 1. The van der Waals surface area contributed by atoms with E-state index < -0.39 is 11.4 Å². The highest BCUT2D eigenvalue weighted by Gasteiger charge is 2.41. The highest BCUT2D eigenvalue weighted by atomic mass is 16.4. The second kappa shape index (κ2) is 6.20. The van der Waals surface area contributed by atoms with Crippen molar-refractivity contribution < 1.29 is 9.90 Å². The summed E-state index contributed by atoms with van der Waals surface area (Å²) >= 11 is 0. The fraction of sp³-hybridized carbons (Fsp3) is 0.562. The van der Waals surface area contributed by atoms with E-state index in [0.717, 1.165) is 38.6 Å². The van der Waals surface area contributed by atoms with Crippen LogP contribution in [0, 0.1) is 5.41 Å². The van der Waals surface area contributed by atoms with Crippen molar-refractivity contribution in [1.82, 2.24) is 4.90 Å². The fourth-order valence-corrected chi connectivity index (χ4v) is 3.05. The third kappa shape index (κ3) is 3.57. The predicted octanol–water partition coefficient (Wildman–Crippen LogP) is 2.81. The molecule has 1 saturated carbocycles. The van der Waals surface area contributed by atoms with Gasteiger partial charge in [-0.15, -0.1) is 0 Å². The van der Waals surface area contributed by atoms with Crippen LogP contribution in [0.4, 0.5) is 0 Å². The molecule has 104 valence electrons. The second-order valence-electron chi connectivity index (χ2n) is 5.77. The SMILES string of the molecule is CN(CCc1ccccc1)CC1(C(=O)O)CCCC1. The van der Waals surface area contributed by atoms with Crippen LogP contribution in [0.3, 0.4) is 0 Å². The van der Waals surface area contributed by atoms with Crippen LogP contribution < -0.4 is 0 Å². The maximum absolute atomic E-state index is 11.5. The summed E-state index contributed by atoms with van der Waals surface area (Å²) in [5, 5.41) is 9.47. The maximum Gasteiger partial charge on any atom is 0.310 e. The van der Waals surface area contributed by atoms with E-state index >= 15 is 0 Å².